The van der Waals surface area contributed by atoms with E-state index in [9.17, 15) is 4.39 Å². The summed E-state index contributed by atoms with van der Waals surface area (Å²) in [5.41, 5.74) is 8.43. The molecule has 3 nitrogen and oxygen atoms in total. The molecule has 0 heterocycles. The van der Waals surface area contributed by atoms with Gasteiger partial charge in [-0.05, 0) is 30.5 Å². The maximum absolute atomic E-state index is 13.9. The van der Waals surface area contributed by atoms with E-state index in [0.717, 1.165) is 12.1 Å². The van der Waals surface area contributed by atoms with Crippen molar-refractivity contribution in [1.29, 1.82) is 0 Å². The van der Waals surface area contributed by atoms with Gasteiger partial charge in [-0.1, -0.05) is 25.5 Å². The summed E-state index contributed by atoms with van der Waals surface area (Å²) in [6, 6.07) is 10.8. The van der Waals surface area contributed by atoms with Crippen LogP contribution in [0.4, 0.5) is 21.5 Å². The predicted molar refractivity (Wildman–Crippen MR) is 85.7 cm³/mol. The fourth-order valence-corrected chi connectivity index (χ4v) is 2.13. The number of ether oxygens (including phenoxy) is 1. The van der Waals surface area contributed by atoms with Crippen molar-refractivity contribution in [3.05, 3.63) is 47.8 Å². The first kappa shape index (κ1) is 15.2. The minimum Gasteiger partial charge on any atom is -0.495 e. The standard InChI is InChI=1S/C17H21FN2O/c1-3-4-5-12-6-8-13(9-7-12)20-16-11-17(21-2)15(19)10-14(16)18/h6-11,20H,3-5,19H2,1-2H3. The molecule has 0 amide bonds. The van der Waals surface area contributed by atoms with Crippen molar-refractivity contribution < 1.29 is 9.13 Å². The Hall–Kier alpha value is -2.23. The number of hydrogen-bond acceptors (Lipinski definition) is 3. The van der Waals surface area contributed by atoms with Crippen LogP contribution in [0.5, 0.6) is 5.75 Å². The molecule has 2 aromatic carbocycles. The number of benzene rings is 2. The van der Waals surface area contributed by atoms with Crippen molar-refractivity contribution in [3.63, 3.8) is 0 Å². The number of nitrogens with one attached hydrogen (secondary N) is 1. The summed E-state index contributed by atoms with van der Waals surface area (Å²) in [6.07, 6.45) is 3.42. The van der Waals surface area contributed by atoms with E-state index in [4.69, 9.17) is 10.5 Å². The lowest BCUT2D eigenvalue weighted by Crippen LogP contribution is -1.99. The first-order chi connectivity index (χ1) is 10.1. The van der Waals surface area contributed by atoms with Gasteiger partial charge in [-0.2, -0.15) is 0 Å². The van der Waals surface area contributed by atoms with E-state index in [1.807, 2.05) is 12.1 Å². The predicted octanol–water partition coefficient (Wildman–Crippen LogP) is 4.50. The van der Waals surface area contributed by atoms with E-state index < -0.39 is 5.82 Å². The molecule has 0 atom stereocenters. The van der Waals surface area contributed by atoms with E-state index in [1.54, 1.807) is 6.07 Å². The molecule has 2 rings (SSSR count). The number of rotatable bonds is 6. The summed E-state index contributed by atoms with van der Waals surface area (Å²) in [5.74, 6) is 0.0572. The molecule has 0 aromatic heterocycles. The summed E-state index contributed by atoms with van der Waals surface area (Å²) in [6.45, 7) is 2.17. The van der Waals surface area contributed by atoms with E-state index >= 15 is 0 Å². The summed E-state index contributed by atoms with van der Waals surface area (Å²) >= 11 is 0. The molecule has 0 radical (unpaired) electrons. The number of anilines is 3. The summed E-state index contributed by atoms with van der Waals surface area (Å²) in [7, 11) is 1.51. The van der Waals surface area contributed by atoms with Gasteiger partial charge in [-0.25, -0.2) is 4.39 Å². The number of hydrogen-bond donors (Lipinski definition) is 2. The average molecular weight is 288 g/mol. The SMILES string of the molecule is CCCCc1ccc(Nc2cc(OC)c(N)cc2F)cc1. The van der Waals surface area contributed by atoms with Crippen LogP contribution < -0.4 is 15.8 Å². The zero-order chi connectivity index (χ0) is 15.2. The van der Waals surface area contributed by atoms with Gasteiger partial charge in [0, 0.05) is 17.8 Å². The number of halogens is 1. The smallest absolute Gasteiger partial charge is 0.148 e. The largest absolute Gasteiger partial charge is 0.495 e. The van der Waals surface area contributed by atoms with Gasteiger partial charge in [0.1, 0.15) is 11.6 Å². The first-order valence-corrected chi connectivity index (χ1v) is 7.13. The molecule has 2 aromatic rings. The van der Waals surface area contributed by atoms with Crippen LogP contribution in [-0.2, 0) is 6.42 Å². The van der Waals surface area contributed by atoms with Crippen LogP contribution in [-0.4, -0.2) is 7.11 Å². The van der Waals surface area contributed by atoms with Crippen LogP contribution in [0.15, 0.2) is 36.4 Å². The molecule has 0 bridgehead atoms. The van der Waals surface area contributed by atoms with Crippen LogP contribution in [0.25, 0.3) is 0 Å². The molecule has 0 unspecified atom stereocenters. The Bertz CT molecular complexity index is 596. The minimum atomic E-state index is -0.400. The zero-order valence-electron chi connectivity index (χ0n) is 12.4. The van der Waals surface area contributed by atoms with Gasteiger partial charge in [0.05, 0.1) is 18.5 Å². The molecular weight excluding hydrogens is 267 g/mol. The van der Waals surface area contributed by atoms with Crippen LogP contribution in [0.3, 0.4) is 0 Å². The topological polar surface area (TPSA) is 47.3 Å². The Morgan fingerprint density at radius 3 is 2.52 bits per heavy atom. The van der Waals surface area contributed by atoms with E-state index in [2.05, 4.69) is 24.4 Å². The van der Waals surface area contributed by atoms with Gasteiger partial charge in [0.15, 0.2) is 0 Å². The van der Waals surface area contributed by atoms with Gasteiger partial charge in [0.25, 0.3) is 0 Å². The van der Waals surface area contributed by atoms with Gasteiger partial charge in [-0.15, -0.1) is 0 Å². The molecule has 0 aliphatic rings. The van der Waals surface area contributed by atoms with Crippen LogP contribution in [0.2, 0.25) is 0 Å². The van der Waals surface area contributed by atoms with Crippen molar-refractivity contribution in [1.82, 2.24) is 0 Å². The third-order valence-electron chi connectivity index (χ3n) is 3.37. The highest BCUT2D eigenvalue weighted by Gasteiger charge is 2.08. The Kier molecular flexibility index (Phi) is 5.04. The fraction of sp³-hybridized carbons (Fsp3) is 0.294. The van der Waals surface area contributed by atoms with Crippen molar-refractivity contribution >= 4 is 17.1 Å². The number of nitrogens with two attached hydrogens (primary N) is 1. The average Bonchev–Trinajstić information content (AvgIpc) is 2.49. The van der Waals surface area contributed by atoms with Crippen molar-refractivity contribution in [2.45, 2.75) is 26.2 Å². The maximum Gasteiger partial charge on any atom is 0.148 e. The molecular formula is C17H21FN2O. The van der Waals surface area contributed by atoms with Crippen molar-refractivity contribution in [3.8, 4) is 5.75 Å². The third kappa shape index (κ3) is 3.88. The zero-order valence-corrected chi connectivity index (χ0v) is 12.4. The third-order valence-corrected chi connectivity index (χ3v) is 3.37. The molecule has 0 aliphatic carbocycles. The van der Waals surface area contributed by atoms with Crippen LogP contribution in [0, 0.1) is 5.82 Å². The quantitative estimate of drug-likeness (QED) is 0.769. The van der Waals surface area contributed by atoms with E-state index in [-0.39, 0.29) is 5.69 Å². The molecule has 0 saturated heterocycles. The van der Waals surface area contributed by atoms with Gasteiger partial charge in [0.2, 0.25) is 0 Å². The molecule has 4 heteroatoms. The Morgan fingerprint density at radius 2 is 1.90 bits per heavy atom. The lowest BCUT2D eigenvalue weighted by molar-refractivity contribution is 0.416. The maximum atomic E-state index is 13.9. The Morgan fingerprint density at radius 1 is 1.19 bits per heavy atom. The van der Waals surface area contributed by atoms with Gasteiger partial charge in [-0.3, -0.25) is 0 Å². The molecule has 0 saturated carbocycles. The molecule has 21 heavy (non-hydrogen) atoms. The van der Waals surface area contributed by atoms with Gasteiger partial charge < -0.3 is 15.8 Å². The number of methoxy groups -OCH3 is 1. The number of aryl methyl sites for hydroxylation is 1. The normalized spacial score (nSPS) is 10.4. The van der Waals surface area contributed by atoms with Gasteiger partial charge >= 0.3 is 0 Å². The molecule has 0 aliphatic heterocycles. The second-order valence-corrected chi connectivity index (χ2v) is 5.00. The highest BCUT2D eigenvalue weighted by molar-refractivity contribution is 5.67. The first-order valence-electron chi connectivity index (χ1n) is 7.13. The van der Waals surface area contributed by atoms with Crippen LogP contribution in [0.1, 0.15) is 25.3 Å². The van der Waals surface area contributed by atoms with Crippen LogP contribution >= 0.6 is 0 Å². The highest BCUT2D eigenvalue weighted by atomic mass is 19.1. The lowest BCUT2D eigenvalue weighted by atomic mass is 10.1. The minimum absolute atomic E-state index is 0.287. The molecule has 112 valence electrons. The lowest BCUT2D eigenvalue weighted by Gasteiger charge is -2.12. The second-order valence-electron chi connectivity index (χ2n) is 5.00. The number of unbranched alkanes of at least 4 members (excludes halogenated alkanes) is 1. The molecule has 0 fully saturated rings. The highest BCUT2D eigenvalue weighted by Crippen LogP contribution is 2.30. The summed E-state index contributed by atoms with van der Waals surface area (Å²) in [5, 5.41) is 3.05. The van der Waals surface area contributed by atoms with Crippen molar-refractivity contribution in [2.24, 2.45) is 0 Å². The summed E-state index contributed by atoms with van der Waals surface area (Å²) in [4.78, 5) is 0. The Labute approximate surface area is 124 Å². The van der Waals surface area contributed by atoms with E-state index in [0.29, 0.717) is 11.4 Å². The van der Waals surface area contributed by atoms with Crippen molar-refractivity contribution in [2.75, 3.05) is 18.2 Å². The van der Waals surface area contributed by atoms with E-state index in [1.165, 1.54) is 31.6 Å². The summed E-state index contributed by atoms with van der Waals surface area (Å²) < 4.78 is 19.0. The second kappa shape index (κ2) is 6.97. The molecule has 3 N–H and O–H groups in total. The molecule has 0 spiro atoms. The Balaban J connectivity index is 2.14. The number of nitrogen functional groups attached to an aromatic ring is 1. The monoisotopic (exact) mass is 288 g/mol. The fourth-order valence-electron chi connectivity index (χ4n) is 2.13.